The highest BCUT2D eigenvalue weighted by molar-refractivity contribution is 5.84. The summed E-state index contributed by atoms with van der Waals surface area (Å²) in [5.41, 5.74) is 5.37. The highest BCUT2D eigenvalue weighted by Gasteiger charge is 2.29. The van der Waals surface area contributed by atoms with Crippen LogP contribution in [0.3, 0.4) is 0 Å². The Bertz CT molecular complexity index is 1340. The Morgan fingerprint density at radius 2 is 2.06 bits per heavy atom. The van der Waals surface area contributed by atoms with E-state index in [2.05, 4.69) is 83.0 Å². The van der Waals surface area contributed by atoms with Gasteiger partial charge in [0.1, 0.15) is 0 Å². The summed E-state index contributed by atoms with van der Waals surface area (Å²) in [4.78, 5) is 18.8. The van der Waals surface area contributed by atoms with Crippen LogP contribution in [0.5, 0.6) is 0 Å². The molecule has 0 aliphatic carbocycles. The van der Waals surface area contributed by atoms with Crippen LogP contribution in [0.1, 0.15) is 37.4 Å². The van der Waals surface area contributed by atoms with E-state index in [4.69, 9.17) is 9.26 Å². The quantitative estimate of drug-likeness (QED) is 0.368. The summed E-state index contributed by atoms with van der Waals surface area (Å²) >= 11 is 0. The Kier molecular flexibility index (Phi) is 5.96. The maximum Gasteiger partial charge on any atom is 0.310 e. The molecule has 0 N–H and O–H groups in total. The number of methoxy groups -OCH3 is 1. The highest BCUT2D eigenvalue weighted by Crippen LogP contribution is 2.29. The molecule has 7 heteroatoms. The second-order valence-electron chi connectivity index (χ2n) is 9.41. The monoisotopic (exact) mass is 458 g/mol. The van der Waals surface area contributed by atoms with Crippen molar-refractivity contribution in [3.8, 4) is 22.8 Å². The fraction of sp³-hybridized carbons (Fsp3) is 0.370. The number of hydrogen-bond acceptors (Lipinski definition) is 6. The van der Waals surface area contributed by atoms with Crippen LogP contribution >= 0.6 is 0 Å². The third kappa shape index (κ3) is 4.23. The van der Waals surface area contributed by atoms with Gasteiger partial charge in [-0.2, -0.15) is 4.98 Å². The van der Waals surface area contributed by atoms with Gasteiger partial charge in [-0.3, -0.25) is 9.69 Å². The van der Waals surface area contributed by atoms with Crippen LogP contribution in [0.15, 0.2) is 53.2 Å². The third-order valence-corrected chi connectivity index (χ3v) is 6.69. The molecule has 5 rings (SSSR count). The molecule has 1 atom stereocenters. The van der Waals surface area contributed by atoms with E-state index in [0.29, 0.717) is 17.8 Å². The number of nitrogens with zero attached hydrogens (tertiary/aromatic N) is 4. The predicted octanol–water partition coefficient (Wildman–Crippen LogP) is 5.24. The van der Waals surface area contributed by atoms with E-state index in [0.717, 1.165) is 48.1 Å². The molecule has 2 aromatic heterocycles. The SMILES string of the molecule is COC(=O)C1CCN(Cc2ccc(-c3noc(-c4ccc5c(ccn5C(C)C)c4)n3)c(C)c2)C1. The first-order chi connectivity index (χ1) is 16.4. The van der Waals surface area contributed by atoms with E-state index < -0.39 is 0 Å². The number of aryl methyl sites for hydroxylation is 1. The average Bonchev–Trinajstić information content (AvgIpc) is 3.57. The number of benzene rings is 2. The van der Waals surface area contributed by atoms with Crippen molar-refractivity contribution in [2.45, 2.75) is 39.8 Å². The first kappa shape index (κ1) is 22.3. The number of hydrogen-bond donors (Lipinski definition) is 0. The van der Waals surface area contributed by atoms with Crippen molar-refractivity contribution >= 4 is 16.9 Å². The van der Waals surface area contributed by atoms with Gasteiger partial charge in [-0.25, -0.2) is 0 Å². The minimum atomic E-state index is -0.112. The second kappa shape index (κ2) is 9.06. The Hall–Kier alpha value is -3.45. The number of rotatable bonds is 6. The number of ether oxygens (including phenoxy) is 1. The molecule has 0 spiro atoms. The Balaban J connectivity index is 1.32. The standard InChI is InChI=1S/C27H30N4O3/c1-17(2)31-12-10-20-14-21(6-8-24(20)31)26-28-25(29-34-26)23-7-5-19(13-18(23)3)15-30-11-9-22(16-30)27(32)33-4/h5-8,10,12-14,17,22H,9,11,15-16H2,1-4H3. The first-order valence-corrected chi connectivity index (χ1v) is 11.8. The van der Waals surface area contributed by atoms with Gasteiger partial charge in [0.05, 0.1) is 13.0 Å². The van der Waals surface area contributed by atoms with Gasteiger partial charge in [0.25, 0.3) is 5.89 Å². The van der Waals surface area contributed by atoms with Gasteiger partial charge in [0.15, 0.2) is 0 Å². The molecule has 34 heavy (non-hydrogen) atoms. The van der Waals surface area contributed by atoms with Crippen molar-refractivity contribution in [3.05, 3.63) is 59.8 Å². The Labute approximate surface area is 199 Å². The molecule has 4 aromatic rings. The molecule has 1 aliphatic heterocycles. The van der Waals surface area contributed by atoms with Crippen LogP contribution in [-0.2, 0) is 16.1 Å². The molecule has 7 nitrogen and oxygen atoms in total. The van der Waals surface area contributed by atoms with Crippen LogP contribution in [0.4, 0.5) is 0 Å². The average molecular weight is 459 g/mol. The van der Waals surface area contributed by atoms with Crippen LogP contribution in [0.25, 0.3) is 33.7 Å². The maximum atomic E-state index is 11.8. The number of fused-ring (bicyclic) bond motifs is 1. The van der Waals surface area contributed by atoms with Gasteiger partial charge in [0.2, 0.25) is 5.82 Å². The molecule has 1 aliphatic rings. The molecule has 0 saturated carbocycles. The predicted molar refractivity (Wildman–Crippen MR) is 131 cm³/mol. The molecular weight excluding hydrogens is 428 g/mol. The number of carbonyl (C=O) groups excluding carboxylic acids is 1. The van der Waals surface area contributed by atoms with E-state index in [1.165, 1.54) is 18.2 Å². The molecule has 0 amide bonds. The fourth-order valence-corrected chi connectivity index (χ4v) is 4.87. The van der Waals surface area contributed by atoms with E-state index >= 15 is 0 Å². The van der Waals surface area contributed by atoms with Crippen molar-refractivity contribution in [3.63, 3.8) is 0 Å². The molecule has 0 radical (unpaired) electrons. The summed E-state index contributed by atoms with van der Waals surface area (Å²) in [6, 6.07) is 15.1. The van der Waals surface area contributed by atoms with E-state index in [1.807, 2.05) is 6.07 Å². The normalized spacial score (nSPS) is 16.6. The summed E-state index contributed by atoms with van der Waals surface area (Å²) in [7, 11) is 1.46. The van der Waals surface area contributed by atoms with Crippen LogP contribution < -0.4 is 0 Å². The largest absolute Gasteiger partial charge is 0.469 e. The summed E-state index contributed by atoms with van der Waals surface area (Å²) < 4.78 is 12.8. The lowest BCUT2D eigenvalue weighted by atomic mass is 10.0. The highest BCUT2D eigenvalue weighted by atomic mass is 16.5. The van der Waals surface area contributed by atoms with E-state index in [9.17, 15) is 4.79 Å². The molecule has 1 saturated heterocycles. The third-order valence-electron chi connectivity index (χ3n) is 6.69. The van der Waals surface area contributed by atoms with Crippen LogP contribution in [-0.4, -0.2) is 45.8 Å². The minimum Gasteiger partial charge on any atom is -0.469 e. The van der Waals surface area contributed by atoms with Gasteiger partial charge in [-0.15, -0.1) is 0 Å². The van der Waals surface area contributed by atoms with Crippen molar-refractivity contribution in [1.82, 2.24) is 19.6 Å². The number of aromatic nitrogens is 3. The van der Waals surface area contributed by atoms with Crippen molar-refractivity contribution < 1.29 is 14.1 Å². The van der Waals surface area contributed by atoms with Gasteiger partial charge in [-0.05, 0) is 69.1 Å². The molecule has 2 aromatic carbocycles. The second-order valence-corrected chi connectivity index (χ2v) is 9.41. The molecule has 3 heterocycles. The van der Waals surface area contributed by atoms with Crippen molar-refractivity contribution in [2.24, 2.45) is 5.92 Å². The summed E-state index contributed by atoms with van der Waals surface area (Å²) in [6.45, 7) is 8.87. The van der Waals surface area contributed by atoms with Crippen LogP contribution in [0.2, 0.25) is 0 Å². The summed E-state index contributed by atoms with van der Waals surface area (Å²) in [5, 5.41) is 5.41. The van der Waals surface area contributed by atoms with Gasteiger partial charge in [0, 0.05) is 47.4 Å². The minimum absolute atomic E-state index is 0.0220. The topological polar surface area (TPSA) is 73.4 Å². The first-order valence-electron chi connectivity index (χ1n) is 11.8. The zero-order valence-corrected chi connectivity index (χ0v) is 20.1. The number of esters is 1. The van der Waals surface area contributed by atoms with Gasteiger partial charge in [-0.1, -0.05) is 23.4 Å². The molecule has 0 bridgehead atoms. The summed E-state index contributed by atoms with van der Waals surface area (Å²) in [5.74, 6) is 0.972. The Morgan fingerprint density at radius 1 is 1.21 bits per heavy atom. The zero-order chi connectivity index (χ0) is 23.8. The number of carbonyl (C=O) groups is 1. The van der Waals surface area contributed by atoms with Gasteiger partial charge < -0.3 is 13.8 Å². The van der Waals surface area contributed by atoms with Crippen LogP contribution in [0, 0.1) is 12.8 Å². The molecule has 1 unspecified atom stereocenters. The lowest BCUT2D eigenvalue weighted by Gasteiger charge is -2.16. The molecule has 176 valence electrons. The zero-order valence-electron chi connectivity index (χ0n) is 20.1. The fourth-order valence-electron chi connectivity index (χ4n) is 4.87. The molecular formula is C27H30N4O3. The van der Waals surface area contributed by atoms with E-state index in [1.54, 1.807) is 0 Å². The van der Waals surface area contributed by atoms with Gasteiger partial charge >= 0.3 is 5.97 Å². The van der Waals surface area contributed by atoms with Crippen molar-refractivity contribution in [1.29, 1.82) is 0 Å². The lowest BCUT2D eigenvalue weighted by Crippen LogP contribution is -2.23. The Morgan fingerprint density at radius 3 is 2.82 bits per heavy atom. The smallest absolute Gasteiger partial charge is 0.310 e. The van der Waals surface area contributed by atoms with E-state index in [-0.39, 0.29) is 11.9 Å². The lowest BCUT2D eigenvalue weighted by molar-refractivity contribution is -0.144. The number of likely N-dealkylation sites (tertiary alicyclic amines) is 1. The molecule has 1 fully saturated rings. The maximum absolute atomic E-state index is 11.8. The summed E-state index contributed by atoms with van der Waals surface area (Å²) in [6.07, 6.45) is 2.96. The van der Waals surface area contributed by atoms with Crippen molar-refractivity contribution in [2.75, 3.05) is 20.2 Å².